The molecule has 1 aromatic carbocycles. The second-order valence-corrected chi connectivity index (χ2v) is 6.74. The lowest BCUT2D eigenvalue weighted by atomic mass is 10.1. The van der Waals surface area contributed by atoms with Gasteiger partial charge in [-0.3, -0.25) is 4.40 Å². The number of aromatic nitrogens is 2. The van der Waals surface area contributed by atoms with Crippen molar-refractivity contribution in [3.63, 3.8) is 0 Å². The Morgan fingerprint density at radius 3 is 2.96 bits per heavy atom. The van der Waals surface area contributed by atoms with E-state index in [0.717, 1.165) is 16.2 Å². The number of alkyl halides is 2. The van der Waals surface area contributed by atoms with Crippen LogP contribution in [0.4, 0.5) is 8.78 Å². The van der Waals surface area contributed by atoms with Crippen molar-refractivity contribution in [2.24, 2.45) is 4.99 Å². The van der Waals surface area contributed by atoms with E-state index >= 15 is 0 Å². The predicted molar refractivity (Wildman–Crippen MR) is 103 cm³/mol. The molecule has 0 fully saturated rings. The molecule has 0 saturated heterocycles. The first-order chi connectivity index (χ1) is 13.0. The Hall–Kier alpha value is -2.68. The Labute approximate surface area is 159 Å². The molecule has 0 unspecified atom stereocenters. The van der Waals surface area contributed by atoms with Crippen LogP contribution in [0, 0.1) is 6.92 Å². The normalized spacial score (nSPS) is 12.0. The number of imidazole rings is 1. The number of aliphatic imine (C=N–C) groups is 1. The van der Waals surface area contributed by atoms with E-state index in [4.69, 9.17) is 0 Å². The van der Waals surface area contributed by atoms with Gasteiger partial charge in [-0.15, -0.1) is 11.3 Å². The minimum Gasteiger partial charge on any atom is -0.434 e. The first kappa shape index (κ1) is 19.1. The third kappa shape index (κ3) is 5.16. The molecule has 9 heteroatoms. The van der Waals surface area contributed by atoms with Crippen molar-refractivity contribution in [1.29, 1.82) is 0 Å². The van der Waals surface area contributed by atoms with Crippen LogP contribution in [0.1, 0.15) is 23.7 Å². The lowest BCUT2D eigenvalue weighted by Crippen LogP contribution is -2.36. The Balaban J connectivity index is 1.69. The summed E-state index contributed by atoms with van der Waals surface area (Å²) >= 11 is 1.57. The standard InChI is InChI=1S/C18H21F2N5OS/c1-3-21-17(23-10-14-11-25-6-7-27-18(25)24-14)22-9-13-8-12(2)4-5-15(13)26-16(19)20/h4-8,11,16H,3,9-10H2,1-2H3,(H2,21,22,23). The Kier molecular flexibility index (Phi) is 6.23. The SMILES string of the molecule is CCNC(=NCc1cc(C)ccc1OC(F)F)NCc1cn2ccsc2n1. The summed E-state index contributed by atoms with van der Waals surface area (Å²) in [5, 5.41) is 8.33. The van der Waals surface area contributed by atoms with Crippen LogP contribution in [0.15, 0.2) is 41.0 Å². The lowest BCUT2D eigenvalue weighted by molar-refractivity contribution is -0.0504. The fourth-order valence-corrected chi connectivity index (χ4v) is 3.30. The first-order valence-corrected chi connectivity index (χ1v) is 9.40. The highest BCUT2D eigenvalue weighted by Crippen LogP contribution is 2.23. The number of rotatable bonds is 7. The van der Waals surface area contributed by atoms with Crippen molar-refractivity contribution in [3.05, 3.63) is 52.8 Å². The molecule has 0 atom stereocenters. The fraction of sp³-hybridized carbons (Fsp3) is 0.333. The van der Waals surface area contributed by atoms with Gasteiger partial charge in [-0.2, -0.15) is 8.78 Å². The number of nitrogens with zero attached hydrogens (tertiary/aromatic N) is 3. The number of benzene rings is 1. The van der Waals surface area contributed by atoms with E-state index in [-0.39, 0.29) is 12.3 Å². The number of fused-ring (bicyclic) bond motifs is 1. The minimum atomic E-state index is -2.86. The lowest BCUT2D eigenvalue weighted by Gasteiger charge is -2.13. The van der Waals surface area contributed by atoms with E-state index < -0.39 is 6.61 Å². The summed E-state index contributed by atoms with van der Waals surface area (Å²) in [7, 11) is 0. The third-order valence-electron chi connectivity index (χ3n) is 3.76. The van der Waals surface area contributed by atoms with Crippen molar-refractivity contribution in [3.8, 4) is 5.75 Å². The van der Waals surface area contributed by atoms with Gasteiger partial charge in [0.1, 0.15) is 5.75 Å². The van der Waals surface area contributed by atoms with Gasteiger partial charge in [0.05, 0.1) is 18.8 Å². The van der Waals surface area contributed by atoms with E-state index in [0.29, 0.717) is 24.6 Å². The van der Waals surface area contributed by atoms with Crippen LogP contribution in [0.5, 0.6) is 5.75 Å². The summed E-state index contributed by atoms with van der Waals surface area (Å²) < 4.78 is 31.8. The van der Waals surface area contributed by atoms with Crippen LogP contribution in [0.2, 0.25) is 0 Å². The molecule has 0 aliphatic carbocycles. The van der Waals surface area contributed by atoms with Crippen LogP contribution in [0.3, 0.4) is 0 Å². The zero-order valence-corrected chi connectivity index (χ0v) is 15.9. The highest BCUT2D eigenvalue weighted by atomic mass is 32.1. The zero-order chi connectivity index (χ0) is 19.2. The fourth-order valence-electron chi connectivity index (χ4n) is 2.58. The highest BCUT2D eigenvalue weighted by Gasteiger charge is 2.10. The summed E-state index contributed by atoms with van der Waals surface area (Å²) in [6, 6.07) is 5.08. The number of hydrogen-bond acceptors (Lipinski definition) is 4. The molecule has 0 spiro atoms. The van der Waals surface area contributed by atoms with E-state index in [1.807, 2.05) is 36.0 Å². The Morgan fingerprint density at radius 2 is 2.22 bits per heavy atom. The summed E-state index contributed by atoms with van der Waals surface area (Å²) in [4.78, 5) is 9.93. The number of hydrogen-bond donors (Lipinski definition) is 2. The average Bonchev–Trinajstić information content (AvgIpc) is 3.20. The van der Waals surface area contributed by atoms with Crippen molar-refractivity contribution < 1.29 is 13.5 Å². The molecule has 0 bridgehead atoms. The summed E-state index contributed by atoms with van der Waals surface area (Å²) in [6.45, 7) is 2.40. The largest absolute Gasteiger partial charge is 0.434 e. The molecule has 2 N–H and O–H groups in total. The quantitative estimate of drug-likeness (QED) is 0.476. The molecule has 0 aliphatic heterocycles. The number of guanidine groups is 1. The number of halogens is 2. The van der Waals surface area contributed by atoms with Crippen LogP contribution in [-0.2, 0) is 13.1 Å². The van der Waals surface area contributed by atoms with Crippen LogP contribution in [-0.4, -0.2) is 28.5 Å². The summed E-state index contributed by atoms with van der Waals surface area (Å²) in [6.07, 6.45) is 3.91. The molecule has 144 valence electrons. The van der Waals surface area contributed by atoms with Gasteiger partial charge >= 0.3 is 6.61 Å². The molecular weight excluding hydrogens is 372 g/mol. The average molecular weight is 393 g/mol. The monoisotopic (exact) mass is 393 g/mol. The van der Waals surface area contributed by atoms with Gasteiger partial charge in [-0.1, -0.05) is 17.7 Å². The maximum Gasteiger partial charge on any atom is 0.387 e. The van der Waals surface area contributed by atoms with Gasteiger partial charge in [0, 0.05) is 29.9 Å². The molecule has 27 heavy (non-hydrogen) atoms. The van der Waals surface area contributed by atoms with Gasteiger partial charge in [0.2, 0.25) is 0 Å². The smallest absolute Gasteiger partial charge is 0.387 e. The van der Waals surface area contributed by atoms with Gasteiger partial charge < -0.3 is 15.4 Å². The van der Waals surface area contributed by atoms with Crippen molar-refractivity contribution in [2.45, 2.75) is 33.5 Å². The Morgan fingerprint density at radius 1 is 1.37 bits per heavy atom. The predicted octanol–water partition coefficient (Wildman–Crippen LogP) is 3.56. The topological polar surface area (TPSA) is 63.0 Å². The highest BCUT2D eigenvalue weighted by molar-refractivity contribution is 7.15. The molecular formula is C18H21F2N5OS. The number of nitrogens with one attached hydrogen (secondary N) is 2. The zero-order valence-electron chi connectivity index (χ0n) is 15.1. The molecule has 0 aliphatic rings. The molecule has 0 saturated carbocycles. The first-order valence-electron chi connectivity index (χ1n) is 8.52. The molecule has 0 amide bonds. The maximum atomic E-state index is 12.6. The van der Waals surface area contributed by atoms with Gasteiger partial charge in [-0.25, -0.2) is 9.98 Å². The van der Waals surface area contributed by atoms with Gasteiger partial charge in [0.25, 0.3) is 0 Å². The molecule has 6 nitrogen and oxygen atoms in total. The molecule has 3 aromatic rings. The summed E-state index contributed by atoms with van der Waals surface area (Å²) in [5.74, 6) is 0.725. The van der Waals surface area contributed by atoms with Gasteiger partial charge in [0.15, 0.2) is 10.9 Å². The third-order valence-corrected chi connectivity index (χ3v) is 4.53. The van der Waals surface area contributed by atoms with E-state index in [2.05, 4.69) is 25.3 Å². The van der Waals surface area contributed by atoms with Crippen LogP contribution in [0.25, 0.3) is 4.96 Å². The maximum absolute atomic E-state index is 12.6. The minimum absolute atomic E-state index is 0.143. The van der Waals surface area contributed by atoms with Crippen molar-refractivity contribution in [2.75, 3.05) is 6.54 Å². The molecule has 3 rings (SSSR count). The van der Waals surface area contributed by atoms with Gasteiger partial charge in [-0.05, 0) is 19.9 Å². The van der Waals surface area contributed by atoms with E-state index in [1.54, 1.807) is 29.5 Å². The van der Waals surface area contributed by atoms with E-state index in [9.17, 15) is 8.78 Å². The second kappa shape index (κ2) is 8.81. The van der Waals surface area contributed by atoms with E-state index in [1.165, 1.54) is 0 Å². The second-order valence-electron chi connectivity index (χ2n) is 5.86. The number of ether oxygens (including phenoxy) is 1. The molecule has 2 heterocycles. The molecule has 2 aromatic heterocycles. The Bertz CT molecular complexity index is 893. The van der Waals surface area contributed by atoms with Crippen LogP contribution < -0.4 is 15.4 Å². The number of thiazole rings is 1. The molecule has 0 radical (unpaired) electrons. The van der Waals surface area contributed by atoms with Crippen molar-refractivity contribution in [1.82, 2.24) is 20.0 Å². The van der Waals surface area contributed by atoms with Crippen molar-refractivity contribution >= 4 is 22.3 Å². The summed E-state index contributed by atoms with van der Waals surface area (Å²) in [5.41, 5.74) is 2.46. The number of aryl methyl sites for hydroxylation is 1. The van der Waals surface area contributed by atoms with Crippen LogP contribution >= 0.6 is 11.3 Å².